The van der Waals surface area contributed by atoms with E-state index in [0.29, 0.717) is 18.1 Å². The van der Waals surface area contributed by atoms with Crippen LogP contribution < -0.4 is 15.9 Å². The molecule has 0 unspecified atom stereocenters. The number of nitrogens with zero attached hydrogens (tertiary/aromatic N) is 2. The van der Waals surface area contributed by atoms with Crippen LogP contribution in [0.15, 0.2) is 42.6 Å². The molecule has 1 saturated carbocycles. The Morgan fingerprint density at radius 1 is 0.969 bits per heavy atom. The third-order valence-corrected chi connectivity index (χ3v) is 8.36. The van der Waals surface area contributed by atoms with Crippen LogP contribution in [0.2, 0.25) is 0 Å². The van der Waals surface area contributed by atoms with E-state index in [0.717, 1.165) is 47.7 Å². The van der Waals surface area contributed by atoms with Gasteiger partial charge in [-0.05, 0) is 92.7 Å². The lowest BCUT2D eigenvalue weighted by molar-refractivity contribution is -0.116. The number of nitrogens with one attached hydrogen (secondary N) is 1. The molecule has 2 bridgehead atoms. The van der Waals surface area contributed by atoms with E-state index in [1.165, 1.54) is 38.6 Å². The van der Waals surface area contributed by atoms with Gasteiger partial charge >= 0.3 is 0 Å². The van der Waals surface area contributed by atoms with E-state index in [1.54, 1.807) is 17.3 Å². The number of carbonyl (C=O) groups is 1. The van der Waals surface area contributed by atoms with Gasteiger partial charge in [-0.1, -0.05) is 36.4 Å². The van der Waals surface area contributed by atoms with Gasteiger partial charge in [0.1, 0.15) is 0 Å². The van der Waals surface area contributed by atoms with Gasteiger partial charge < -0.3 is 5.32 Å². The molecule has 1 aromatic carbocycles. The predicted molar refractivity (Wildman–Crippen MR) is 127 cm³/mol. The van der Waals surface area contributed by atoms with Crippen molar-refractivity contribution in [2.24, 2.45) is 5.92 Å². The van der Waals surface area contributed by atoms with Crippen LogP contribution in [-0.4, -0.2) is 28.4 Å². The predicted octanol–water partition coefficient (Wildman–Crippen LogP) is 3.76. The molecule has 2 aliphatic heterocycles. The number of amides is 1. The smallest absolute Gasteiger partial charge is 0.249 e. The zero-order valence-corrected chi connectivity index (χ0v) is 18.8. The van der Waals surface area contributed by atoms with Crippen molar-refractivity contribution < 1.29 is 4.79 Å². The van der Waals surface area contributed by atoms with Crippen LogP contribution in [-0.2, 0) is 4.79 Å². The summed E-state index contributed by atoms with van der Waals surface area (Å²) in [5.41, 5.74) is 4.04. The van der Waals surface area contributed by atoms with Gasteiger partial charge in [0.05, 0.1) is 5.35 Å². The van der Waals surface area contributed by atoms with Crippen LogP contribution >= 0.6 is 0 Å². The summed E-state index contributed by atoms with van der Waals surface area (Å²) < 4.78 is 0. The van der Waals surface area contributed by atoms with Gasteiger partial charge in [0, 0.05) is 29.9 Å². The minimum atomic E-state index is 0.105. The number of benzene rings is 1. The lowest BCUT2D eigenvalue weighted by atomic mass is 9.83. The second kappa shape index (κ2) is 8.47. The summed E-state index contributed by atoms with van der Waals surface area (Å²) in [5, 5.41) is 5.33. The van der Waals surface area contributed by atoms with Crippen molar-refractivity contribution in [3.05, 3.63) is 64.3 Å². The number of hydrogen-bond acceptors (Lipinski definition) is 3. The Morgan fingerprint density at radius 3 is 2.47 bits per heavy atom. The number of carbonyl (C=O) groups excluding carboxylic acids is 1. The fraction of sp³-hybridized carbons (Fsp3) is 0.500. The number of hydrogen-bond donors (Lipinski definition) is 1. The molecule has 0 radical (unpaired) electrons. The highest BCUT2D eigenvalue weighted by Gasteiger charge is 2.43. The molecular weight excluding hydrogens is 394 g/mol. The molecular formula is C28H33N3O. The summed E-state index contributed by atoms with van der Waals surface area (Å²) in [7, 11) is 0. The van der Waals surface area contributed by atoms with Gasteiger partial charge in [0.2, 0.25) is 5.91 Å². The molecule has 166 valence electrons. The molecule has 2 atom stereocenters. The highest BCUT2D eigenvalue weighted by molar-refractivity contribution is 6.13. The monoisotopic (exact) mass is 427 g/mol. The highest BCUT2D eigenvalue weighted by atomic mass is 16.1. The number of rotatable bonds is 5. The normalized spacial score (nSPS) is 28.7. The minimum Gasteiger partial charge on any atom is -0.350 e. The fourth-order valence-electron chi connectivity index (χ4n) is 6.71. The van der Waals surface area contributed by atoms with E-state index < -0.39 is 0 Å². The van der Waals surface area contributed by atoms with Crippen LogP contribution in [0.4, 0.5) is 0 Å². The first-order valence-electron chi connectivity index (χ1n) is 12.6. The van der Waals surface area contributed by atoms with Crippen LogP contribution in [0, 0.1) is 5.92 Å². The van der Waals surface area contributed by atoms with Crippen molar-refractivity contribution in [3.63, 3.8) is 0 Å². The molecule has 6 rings (SSSR count). The van der Waals surface area contributed by atoms with Gasteiger partial charge in [-0.3, -0.25) is 14.7 Å². The lowest BCUT2D eigenvalue weighted by Crippen LogP contribution is -2.43. The third kappa shape index (κ3) is 3.59. The summed E-state index contributed by atoms with van der Waals surface area (Å²) in [4.78, 5) is 20.3. The van der Waals surface area contributed by atoms with E-state index in [-0.39, 0.29) is 5.91 Å². The average molecular weight is 428 g/mol. The van der Waals surface area contributed by atoms with Crippen LogP contribution in [0.25, 0.3) is 11.6 Å². The van der Waals surface area contributed by atoms with Crippen molar-refractivity contribution in [1.82, 2.24) is 15.2 Å². The maximum Gasteiger partial charge on any atom is 0.249 e. The highest BCUT2D eigenvalue weighted by Crippen LogP contribution is 2.53. The molecule has 4 heteroatoms. The SMILES string of the molecule is O=C(NC1CCC(CCN2[C@@H]3CC[C@H]2c2ccccc23)CC1)C1=c2ncccc2=CCC1. The van der Waals surface area contributed by atoms with Crippen molar-refractivity contribution >= 4 is 17.6 Å². The molecule has 1 N–H and O–H groups in total. The van der Waals surface area contributed by atoms with E-state index in [1.807, 2.05) is 6.07 Å². The van der Waals surface area contributed by atoms with Gasteiger partial charge in [0.15, 0.2) is 0 Å². The summed E-state index contributed by atoms with van der Waals surface area (Å²) in [6, 6.07) is 14.7. The van der Waals surface area contributed by atoms with Gasteiger partial charge in [0.25, 0.3) is 0 Å². The maximum absolute atomic E-state index is 13.0. The van der Waals surface area contributed by atoms with Gasteiger partial charge in [-0.15, -0.1) is 0 Å². The molecule has 2 fully saturated rings. The van der Waals surface area contributed by atoms with Gasteiger partial charge in [-0.2, -0.15) is 0 Å². The van der Waals surface area contributed by atoms with E-state index in [4.69, 9.17) is 0 Å². The molecule has 32 heavy (non-hydrogen) atoms. The van der Waals surface area contributed by atoms with Crippen LogP contribution in [0.3, 0.4) is 0 Å². The van der Waals surface area contributed by atoms with Crippen molar-refractivity contribution in [2.45, 2.75) is 75.9 Å². The molecule has 2 aliphatic carbocycles. The summed E-state index contributed by atoms with van der Waals surface area (Å²) >= 11 is 0. The van der Waals surface area contributed by atoms with Crippen LogP contribution in [0.1, 0.15) is 81.0 Å². The molecule has 1 saturated heterocycles. The first kappa shape index (κ1) is 20.2. The summed E-state index contributed by atoms with van der Waals surface area (Å²) in [6.45, 7) is 1.22. The van der Waals surface area contributed by atoms with E-state index in [9.17, 15) is 4.79 Å². The van der Waals surface area contributed by atoms with E-state index >= 15 is 0 Å². The topological polar surface area (TPSA) is 45.2 Å². The molecule has 1 aromatic heterocycles. The summed E-state index contributed by atoms with van der Waals surface area (Å²) in [5.74, 6) is 0.901. The molecule has 4 nitrogen and oxygen atoms in total. The maximum atomic E-state index is 13.0. The first-order valence-corrected chi connectivity index (χ1v) is 12.6. The number of fused-ring (bicyclic) bond motifs is 6. The Balaban J connectivity index is 1.02. The number of aromatic nitrogens is 1. The second-order valence-electron chi connectivity index (χ2n) is 10.1. The molecule has 4 aliphatic rings. The van der Waals surface area contributed by atoms with Crippen molar-refractivity contribution in [2.75, 3.05) is 6.54 Å². The Hall–Kier alpha value is -2.46. The Bertz CT molecular complexity index is 1100. The largest absolute Gasteiger partial charge is 0.350 e. The average Bonchev–Trinajstić information content (AvgIpc) is 3.39. The quantitative estimate of drug-likeness (QED) is 0.790. The van der Waals surface area contributed by atoms with Crippen LogP contribution in [0.5, 0.6) is 0 Å². The minimum absolute atomic E-state index is 0.105. The lowest BCUT2D eigenvalue weighted by Gasteiger charge is -2.31. The Labute approximate surface area is 190 Å². The summed E-state index contributed by atoms with van der Waals surface area (Å²) in [6.07, 6.45) is 14.4. The molecule has 3 heterocycles. The zero-order valence-electron chi connectivity index (χ0n) is 18.8. The van der Waals surface area contributed by atoms with E-state index in [2.05, 4.69) is 51.6 Å². The second-order valence-corrected chi connectivity index (χ2v) is 10.1. The van der Waals surface area contributed by atoms with Crippen molar-refractivity contribution in [1.29, 1.82) is 0 Å². The Kier molecular flexibility index (Phi) is 5.34. The van der Waals surface area contributed by atoms with Crippen molar-refractivity contribution in [3.8, 4) is 0 Å². The fourth-order valence-corrected chi connectivity index (χ4v) is 6.71. The Morgan fingerprint density at radius 2 is 1.72 bits per heavy atom. The molecule has 0 spiro atoms. The number of pyridine rings is 1. The standard InChI is InChI=1S/C28H33N3O/c32-28(24-9-3-5-20-6-4-17-29-27(20)24)30-21-12-10-19(11-13-21)16-18-31-25-14-15-26(31)23-8-2-1-7-22(23)25/h1-2,4-8,17,19,21,25-26H,3,9-16,18H2,(H,30,32)/t19?,21?,25-,26+. The zero-order chi connectivity index (χ0) is 21.5. The first-order chi connectivity index (χ1) is 15.8. The van der Waals surface area contributed by atoms with Gasteiger partial charge in [-0.25, -0.2) is 0 Å². The third-order valence-electron chi connectivity index (χ3n) is 8.36. The molecule has 1 amide bonds. The molecule has 2 aromatic rings.